The lowest BCUT2D eigenvalue weighted by Crippen LogP contribution is -2.52. The van der Waals surface area contributed by atoms with Gasteiger partial charge < -0.3 is 25.0 Å². The number of nitrogens with zero attached hydrogens (tertiary/aromatic N) is 2. The van der Waals surface area contributed by atoms with Crippen LogP contribution in [0, 0.1) is 0 Å². The molecule has 168 valence electrons. The highest BCUT2D eigenvalue weighted by atomic mass is 32.2. The highest BCUT2D eigenvalue weighted by Gasteiger charge is 2.41. The van der Waals surface area contributed by atoms with E-state index in [0.717, 1.165) is 21.3 Å². The Balaban J connectivity index is 1.75. The summed E-state index contributed by atoms with van der Waals surface area (Å²) in [6, 6.07) is 19.7. The van der Waals surface area contributed by atoms with E-state index in [2.05, 4.69) is 15.6 Å². The van der Waals surface area contributed by atoms with Crippen molar-refractivity contribution in [2.45, 2.75) is 12.2 Å². The van der Waals surface area contributed by atoms with E-state index in [1.807, 2.05) is 65.6 Å². The molecule has 2 N–H and O–H groups in total. The molecule has 0 radical (unpaired) electrons. The summed E-state index contributed by atoms with van der Waals surface area (Å²) in [4.78, 5) is 20.4. The van der Waals surface area contributed by atoms with Crippen LogP contribution >= 0.6 is 11.8 Å². The number of hydrogen-bond donors (Lipinski definition) is 2. The zero-order chi connectivity index (χ0) is 22.3. The van der Waals surface area contributed by atoms with E-state index in [9.17, 15) is 4.79 Å². The first-order valence-electron chi connectivity index (χ1n) is 10.6. The second-order valence-corrected chi connectivity index (χ2v) is 8.46. The number of ether oxygens (including phenoxy) is 2. The third-order valence-electron chi connectivity index (χ3n) is 5.41. The highest BCUT2D eigenvalue weighted by molar-refractivity contribution is 8.17. The number of amidine groups is 1. The van der Waals surface area contributed by atoms with Gasteiger partial charge in [0.1, 0.15) is 6.17 Å². The van der Waals surface area contributed by atoms with Crippen LogP contribution in [0.25, 0.3) is 0 Å². The lowest BCUT2D eigenvalue weighted by molar-refractivity contribution is -0.132. The van der Waals surface area contributed by atoms with Gasteiger partial charge in [0.25, 0.3) is 5.91 Å². The predicted octanol–water partition coefficient (Wildman–Crippen LogP) is 3.06. The molecule has 2 aromatic rings. The number of nitrogens with one attached hydrogen (secondary N) is 2. The van der Waals surface area contributed by atoms with Gasteiger partial charge in [0.2, 0.25) is 0 Å². The highest BCUT2D eigenvalue weighted by Crippen LogP contribution is 2.40. The third kappa shape index (κ3) is 4.82. The molecule has 2 heterocycles. The van der Waals surface area contributed by atoms with Crippen LogP contribution in [0.2, 0.25) is 0 Å². The number of benzene rings is 2. The molecule has 2 aromatic carbocycles. The van der Waals surface area contributed by atoms with Gasteiger partial charge in [0.15, 0.2) is 5.17 Å². The molecule has 0 aromatic heterocycles. The fourth-order valence-corrected chi connectivity index (χ4v) is 4.85. The lowest BCUT2D eigenvalue weighted by Gasteiger charge is -2.43. The summed E-state index contributed by atoms with van der Waals surface area (Å²) in [6.07, 6.45) is -0.278. The minimum absolute atomic E-state index is 0.00514. The van der Waals surface area contributed by atoms with Crippen LogP contribution in [0.3, 0.4) is 0 Å². The second kappa shape index (κ2) is 10.7. The summed E-state index contributed by atoms with van der Waals surface area (Å²) in [5, 5.41) is 8.70. The Hall–Kier alpha value is -2.81. The molecule has 4 rings (SSSR count). The van der Waals surface area contributed by atoms with Gasteiger partial charge in [0, 0.05) is 20.8 Å². The summed E-state index contributed by atoms with van der Waals surface area (Å²) in [6.45, 7) is 2.03. The Morgan fingerprint density at radius 2 is 1.59 bits per heavy atom. The predicted molar refractivity (Wildman–Crippen MR) is 127 cm³/mol. The average molecular weight is 453 g/mol. The number of methoxy groups -OCH3 is 2. The fraction of sp³-hybridized carbons (Fsp3) is 0.333. The van der Waals surface area contributed by atoms with Crippen molar-refractivity contribution in [3.05, 3.63) is 82.4 Å². The molecule has 1 amide bonds. The van der Waals surface area contributed by atoms with E-state index >= 15 is 0 Å². The van der Waals surface area contributed by atoms with Gasteiger partial charge in [-0.3, -0.25) is 9.79 Å². The van der Waals surface area contributed by atoms with Crippen molar-refractivity contribution < 1.29 is 14.3 Å². The van der Waals surface area contributed by atoms with E-state index in [-0.39, 0.29) is 18.1 Å². The molecule has 0 aliphatic carbocycles. The van der Waals surface area contributed by atoms with E-state index in [0.29, 0.717) is 31.9 Å². The number of hydrogen-bond acceptors (Lipinski definition) is 6. The first kappa shape index (κ1) is 22.4. The Bertz CT molecular complexity index is 981. The fourth-order valence-electron chi connectivity index (χ4n) is 3.84. The molecular formula is C24H28N4O3S. The molecule has 2 atom stereocenters. The van der Waals surface area contributed by atoms with E-state index in [1.54, 1.807) is 14.2 Å². The maximum atomic E-state index is 13.9. The summed E-state index contributed by atoms with van der Waals surface area (Å²) in [5.74, 6) is -0.00514. The molecule has 0 fully saturated rings. The van der Waals surface area contributed by atoms with Crippen LogP contribution in [-0.4, -0.2) is 56.5 Å². The SMILES string of the molecule is COCCN=C1N[C@H](c2ccccc2)C2=C(N[C@H](c3ccccc3)N(CCOC)C2=O)S1. The number of rotatable bonds is 8. The number of carbonyl (C=O) groups excluding carboxylic acids is 1. The second-order valence-electron chi connectivity index (χ2n) is 7.46. The Morgan fingerprint density at radius 3 is 2.25 bits per heavy atom. The Labute approximate surface area is 192 Å². The quantitative estimate of drug-likeness (QED) is 0.600. The van der Waals surface area contributed by atoms with Gasteiger partial charge in [-0.2, -0.15) is 0 Å². The molecule has 2 aliphatic heterocycles. The summed E-state index contributed by atoms with van der Waals surface area (Å²) < 4.78 is 10.5. The van der Waals surface area contributed by atoms with Gasteiger partial charge in [0.05, 0.1) is 36.4 Å². The van der Waals surface area contributed by atoms with Gasteiger partial charge in [-0.05, 0) is 22.9 Å². The number of carbonyl (C=O) groups is 1. The van der Waals surface area contributed by atoms with Crippen molar-refractivity contribution in [2.24, 2.45) is 4.99 Å². The molecule has 0 unspecified atom stereocenters. The first-order valence-corrected chi connectivity index (χ1v) is 11.4. The zero-order valence-electron chi connectivity index (χ0n) is 18.3. The smallest absolute Gasteiger partial charge is 0.256 e. The minimum atomic E-state index is -0.296. The Morgan fingerprint density at radius 1 is 0.938 bits per heavy atom. The lowest BCUT2D eigenvalue weighted by atomic mass is 9.95. The van der Waals surface area contributed by atoms with Gasteiger partial charge in [-0.15, -0.1) is 0 Å². The van der Waals surface area contributed by atoms with Crippen LogP contribution < -0.4 is 10.6 Å². The molecule has 0 bridgehead atoms. The number of amides is 1. The van der Waals surface area contributed by atoms with E-state index in [4.69, 9.17) is 9.47 Å². The average Bonchev–Trinajstić information content (AvgIpc) is 2.84. The monoisotopic (exact) mass is 452 g/mol. The Kier molecular flexibility index (Phi) is 7.47. The maximum Gasteiger partial charge on any atom is 0.256 e. The summed E-state index contributed by atoms with van der Waals surface area (Å²) in [5.41, 5.74) is 2.74. The van der Waals surface area contributed by atoms with Gasteiger partial charge >= 0.3 is 0 Å². The van der Waals surface area contributed by atoms with Crippen LogP contribution in [0.4, 0.5) is 0 Å². The molecule has 32 heavy (non-hydrogen) atoms. The van der Waals surface area contributed by atoms with Crippen LogP contribution in [0.5, 0.6) is 0 Å². The maximum absolute atomic E-state index is 13.9. The van der Waals surface area contributed by atoms with E-state index < -0.39 is 0 Å². The molecule has 7 nitrogen and oxygen atoms in total. The summed E-state index contributed by atoms with van der Waals surface area (Å²) in [7, 11) is 3.31. The van der Waals surface area contributed by atoms with Crippen molar-refractivity contribution in [3.8, 4) is 0 Å². The molecule has 0 saturated carbocycles. The van der Waals surface area contributed by atoms with Crippen molar-refractivity contribution in [1.82, 2.24) is 15.5 Å². The van der Waals surface area contributed by atoms with Gasteiger partial charge in [-0.1, -0.05) is 60.7 Å². The van der Waals surface area contributed by atoms with E-state index in [1.165, 1.54) is 11.8 Å². The molecule has 0 saturated heterocycles. The van der Waals surface area contributed by atoms with Crippen molar-refractivity contribution in [2.75, 3.05) is 40.5 Å². The molecule has 8 heteroatoms. The van der Waals surface area contributed by atoms with Crippen molar-refractivity contribution in [3.63, 3.8) is 0 Å². The normalized spacial score (nSPS) is 21.9. The summed E-state index contributed by atoms with van der Waals surface area (Å²) >= 11 is 1.47. The first-order chi connectivity index (χ1) is 15.7. The zero-order valence-corrected chi connectivity index (χ0v) is 19.1. The molecule has 2 aliphatic rings. The van der Waals surface area contributed by atoms with Crippen molar-refractivity contribution >= 4 is 22.8 Å². The number of thioether (sulfide) groups is 1. The minimum Gasteiger partial charge on any atom is -0.383 e. The van der Waals surface area contributed by atoms with Crippen LogP contribution in [-0.2, 0) is 14.3 Å². The van der Waals surface area contributed by atoms with Crippen LogP contribution in [0.15, 0.2) is 76.3 Å². The topological polar surface area (TPSA) is 75.2 Å². The van der Waals surface area contributed by atoms with Crippen molar-refractivity contribution in [1.29, 1.82) is 0 Å². The standard InChI is InChI=1S/C24H28N4O3S/c1-30-15-13-25-24-26-20(17-9-5-3-6-10-17)19-22(32-24)27-21(18-11-7-4-8-12-18)28(23(19)29)14-16-31-2/h3-12,20-21,27H,13-16H2,1-2H3,(H,25,26)/t20-,21+/m1/s1. The number of aliphatic imine (C=N–C) groups is 1. The third-order valence-corrected chi connectivity index (χ3v) is 6.39. The largest absolute Gasteiger partial charge is 0.383 e. The molecular weight excluding hydrogens is 424 g/mol. The van der Waals surface area contributed by atoms with Gasteiger partial charge in [-0.25, -0.2) is 0 Å². The van der Waals surface area contributed by atoms with Crippen LogP contribution in [0.1, 0.15) is 23.3 Å². The molecule has 0 spiro atoms.